The van der Waals surface area contributed by atoms with Crippen LogP contribution in [0.1, 0.15) is 0 Å². The molecule has 0 unspecified atom stereocenters. The zero-order valence-electron chi connectivity index (χ0n) is 15.2. The fraction of sp³-hybridized carbons (Fsp3) is 0.111. The third kappa shape index (κ3) is 3.42. The Balaban J connectivity index is 1.68. The lowest BCUT2D eigenvalue weighted by atomic mass is 10.1. The van der Waals surface area contributed by atoms with Crippen molar-refractivity contribution in [1.82, 2.24) is 29.1 Å². The van der Waals surface area contributed by atoms with Crippen LogP contribution >= 0.6 is 0 Å². The van der Waals surface area contributed by atoms with Gasteiger partial charge in [-0.25, -0.2) is 0 Å². The number of nitrogens with zero attached hydrogens (tertiary/aromatic N) is 6. The number of pyridine rings is 1. The maximum absolute atomic E-state index is 11.9. The highest BCUT2D eigenvalue weighted by Crippen LogP contribution is 2.22. The number of hydrogen-bond donors (Lipinski definition) is 1. The number of aromatic nitrogens is 5. The van der Waals surface area contributed by atoms with Crippen molar-refractivity contribution in [3.63, 3.8) is 0 Å². The second kappa shape index (κ2) is 6.98. The van der Waals surface area contributed by atoms with E-state index in [-0.39, 0.29) is 0 Å². The third-order valence-corrected chi connectivity index (χ3v) is 5.56. The molecule has 1 aromatic carbocycles. The van der Waals surface area contributed by atoms with Gasteiger partial charge in [0.2, 0.25) is 0 Å². The first-order valence-corrected chi connectivity index (χ1v) is 9.82. The van der Waals surface area contributed by atoms with Crippen LogP contribution in [0.4, 0.5) is 5.69 Å². The zero-order valence-corrected chi connectivity index (χ0v) is 16.0. The number of hydrogen-bond acceptors (Lipinski definition) is 6. The molecule has 10 heteroatoms. The molecule has 3 aromatic heterocycles. The Morgan fingerprint density at radius 3 is 2.29 bits per heavy atom. The van der Waals surface area contributed by atoms with E-state index in [4.69, 9.17) is 0 Å². The Bertz CT molecular complexity index is 1220. The van der Waals surface area contributed by atoms with E-state index < -0.39 is 10.2 Å². The average molecular weight is 395 g/mol. The highest BCUT2D eigenvalue weighted by molar-refractivity contribution is 7.90. The first-order valence-electron chi connectivity index (χ1n) is 8.37. The molecule has 0 spiro atoms. The second-order valence-corrected chi connectivity index (χ2v) is 8.10. The summed E-state index contributed by atoms with van der Waals surface area (Å²) in [6.45, 7) is 0. The summed E-state index contributed by atoms with van der Waals surface area (Å²) in [6, 6.07) is 14.4. The van der Waals surface area contributed by atoms with Crippen LogP contribution in [0.15, 0.2) is 60.9 Å². The van der Waals surface area contributed by atoms with Crippen molar-refractivity contribution in [3.05, 3.63) is 60.9 Å². The van der Waals surface area contributed by atoms with E-state index in [0.29, 0.717) is 22.9 Å². The fourth-order valence-corrected chi connectivity index (χ4v) is 3.19. The van der Waals surface area contributed by atoms with Crippen molar-refractivity contribution in [3.8, 4) is 22.6 Å². The molecular weight excluding hydrogens is 378 g/mol. The van der Waals surface area contributed by atoms with Crippen LogP contribution in [0.25, 0.3) is 28.3 Å². The molecule has 1 N–H and O–H groups in total. The van der Waals surface area contributed by atoms with Crippen LogP contribution in [-0.2, 0) is 10.2 Å². The van der Waals surface area contributed by atoms with Gasteiger partial charge in [0, 0.05) is 43.3 Å². The van der Waals surface area contributed by atoms with Gasteiger partial charge in [-0.3, -0.25) is 9.71 Å². The molecule has 0 aliphatic heterocycles. The van der Waals surface area contributed by atoms with Crippen LogP contribution in [-0.4, -0.2) is 51.6 Å². The Morgan fingerprint density at radius 1 is 0.893 bits per heavy atom. The van der Waals surface area contributed by atoms with E-state index >= 15 is 0 Å². The summed E-state index contributed by atoms with van der Waals surface area (Å²) < 4.78 is 29.1. The lowest BCUT2D eigenvalue weighted by Gasteiger charge is -2.13. The van der Waals surface area contributed by atoms with Gasteiger partial charge in [-0.2, -0.15) is 22.3 Å². The molecule has 0 aliphatic rings. The Labute approximate surface area is 161 Å². The molecule has 0 atom stereocenters. The highest BCUT2D eigenvalue weighted by Gasteiger charge is 2.14. The van der Waals surface area contributed by atoms with E-state index in [1.165, 1.54) is 14.1 Å². The predicted octanol–water partition coefficient (Wildman–Crippen LogP) is 2.07. The summed E-state index contributed by atoms with van der Waals surface area (Å²) in [5, 5.41) is 13.0. The monoisotopic (exact) mass is 395 g/mol. The summed E-state index contributed by atoms with van der Waals surface area (Å²) in [5.41, 5.74) is 3.51. The van der Waals surface area contributed by atoms with Gasteiger partial charge in [-0.15, -0.1) is 10.2 Å². The van der Waals surface area contributed by atoms with Crippen molar-refractivity contribution in [2.24, 2.45) is 0 Å². The smallest absolute Gasteiger partial charge is 0.271 e. The van der Waals surface area contributed by atoms with E-state index in [0.717, 1.165) is 15.4 Å². The van der Waals surface area contributed by atoms with Crippen molar-refractivity contribution in [2.75, 3.05) is 18.8 Å². The summed E-state index contributed by atoms with van der Waals surface area (Å²) >= 11 is 0. The molecule has 142 valence electrons. The summed E-state index contributed by atoms with van der Waals surface area (Å²) in [7, 11) is -0.609. The van der Waals surface area contributed by atoms with Gasteiger partial charge in [-0.1, -0.05) is 12.1 Å². The van der Waals surface area contributed by atoms with Crippen LogP contribution in [0.2, 0.25) is 0 Å². The van der Waals surface area contributed by atoms with Crippen LogP contribution in [0, 0.1) is 0 Å². The molecule has 0 saturated heterocycles. The average Bonchev–Trinajstić information content (AvgIpc) is 3.12. The quantitative estimate of drug-likeness (QED) is 0.555. The van der Waals surface area contributed by atoms with Gasteiger partial charge in [0.25, 0.3) is 0 Å². The highest BCUT2D eigenvalue weighted by atomic mass is 32.2. The SMILES string of the molecule is CN(C)S(=O)(=O)Nc1ccc(-c2ccc3nnc(-c4ccncc4)n3n2)cc1. The lowest BCUT2D eigenvalue weighted by Crippen LogP contribution is -2.28. The molecule has 0 bridgehead atoms. The van der Waals surface area contributed by atoms with Crippen molar-refractivity contribution in [1.29, 1.82) is 0 Å². The minimum Gasteiger partial charge on any atom is -0.271 e. The molecule has 4 rings (SSSR count). The first-order chi connectivity index (χ1) is 13.4. The van der Waals surface area contributed by atoms with Crippen molar-refractivity contribution in [2.45, 2.75) is 0 Å². The Hall–Kier alpha value is -3.37. The maximum Gasteiger partial charge on any atom is 0.301 e. The van der Waals surface area contributed by atoms with Gasteiger partial charge < -0.3 is 0 Å². The summed E-state index contributed by atoms with van der Waals surface area (Å²) in [6.07, 6.45) is 3.38. The maximum atomic E-state index is 11.9. The van der Waals surface area contributed by atoms with E-state index in [1.807, 2.05) is 24.3 Å². The number of fused-ring (bicyclic) bond motifs is 1. The molecule has 28 heavy (non-hydrogen) atoms. The fourth-order valence-electron chi connectivity index (χ4n) is 2.57. The topological polar surface area (TPSA) is 105 Å². The standard InChI is InChI=1S/C18H17N7O2S/c1-24(2)28(26,27)23-15-5-3-13(4-6-15)16-7-8-17-20-21-18(25(17)22-16)14-9-11-19-12-10-14/h3-12,23H,1-2H3. The number of rotatable bonds is 5. The zero-order chi connectivity index (χ0) is 19.7. The van der Waals surface area contributed by atoms with E-state index in [2.05, 4.69) is 25.0 Å². The number of anilines is 1. The molecule has 0 amide bonds. The largest absolute Gasteiger partial charge is 0.301 e. The molecule has 0 fully saturated rings. The summed E-state index contributed by atoms with van der Waals surface area (Å²) in [5.74, 6) is 0.620. The number of benzene rings is 1. The van der Waals surface area contributed by atoms with Gasteiger partial charge in [-0.05, 0) is 36.4 Å². The van der Waals surface area contributed by atoms with Gasteiger partial charge in [0.05, 0.1) is 5.69 Å². The molecule has 3 heterocycles. The van der Waals surface area contributed by atoms with Crippen molar-refractivity contribution >= 4 is 21.5 Å². The Kier molecular flexibility index (Phi) is 4.49. The minimum absolute atomic E-state index is 0.473. The first kappa shape index (κ1) is 18.0. The molecular formula is C18H17N7O2S. The normalized spacial score (nSPS) is 11.8. The molecule has 0 radical (unpaired) electrons. The molecule has 4 aromatic rings. The van der Waals surface area contributed by atoms with Crippen LogP contribution in [0.5, 0.6) is 0 Å². The lowest BCUT2D eigenvalue weighted by molar-refractivity contribution is 0.527. The van der Waals surface area contributed by atoms with Crippen LogP contribution in [0.3, 0.4) is 0 Å². The molecule has 9 nitrogen and oxygen atoms in total. The molecule has 0 saturated carbocycles. The van der Waals surface area contributed by atoms with E-state index in [9.17, 15) is 8.42 Å². The van der Waals surface area contributed by atoms with E-state index in [1.54, 1.807) is 41.2 Å². The third-order valence-electron chi connectivity index (χ3n) is 4.11. The van der Waals surface area contributed by atoms with Gasteiger partial charge in [0.1, 0.15) is 0 Å². The minimum atomic E-state index is -3.54. The van der Waals surface area contributed by atoms with Crippen molar-refractivity contribution < 1.29 is 8.42 Å². The Morgan fingerprint density at radius 2 is 1.61 bits per heavy atom. The van der Waals surface area contributed by atoms with Gasteiger partial charge in [0.15, 0.2) is 11.5 Å². The predicted molar refractivity (Wildman–Crippen MR) is 106 cm³/mol. The second-order valence-electron chi connectivity index (χ2n) is 6.21. The molecule has 0 aliphatic carbocycles. The summed E-state index contributed by atoms with van der Waals surface area (Å²) in [4.78, 5) is 4.02. The van der Waals surface area contributed by atoms with Crippen LogP contribution < -0.4 is 4.72 Å². The number of nitrogens with one attached hydrogen (secondary N) is 1. The van der Waals surface area contributed by atoms with Gasteiger partial charge >= 0.3 is 10.2 Å².